The van der Waals surface area contributed by atoms with E-state index < -0.39 is 16.1 Å². The van der Waals surface area contributed by atoms with E-state index in [0.717, 1.165) is 5.39 Å². The first-order chi connectivity index (χ1) is 11.6. The van der Waals surface area contributed by atoms with Crippen molar-refractivity contribution >= 4 is 20.9 Å². The minimum atomic E-state index is -3.76. The topological polar surface area (TPSA) is 72.1 Å². The van der Waals surface area contributed by atoms with Gasteiger partial charge >= 0.3 is 0 Å². The molecular formula is C18H16N2O3S. The average Bonchev–Trinajstić information content (AvgIpc) is 2.99. The van der Waals surface area contributed by atoms with Gasteiger partial charge in [-0.3, -0.25) is 0 Å². The van der Waals surface area contributed by atoms with Crippen molar-refractivity contribution < 1.29 is 13.2 Å². The summed E-state index contributed by atoms with van der Waals surface area (Å²) in [6.45, 7) is 0. The molecule has 3 aromatic rings. The van der Waals surface area contributed by atoms with Gasteiger partial charge in [0.1, 0.15) is 6.10 Å². The number of hydrogen-bond acceptors (Lipinski definition) is 4. The number of nitriles is 1. The Balaban J connectivity index is 2.24. The molecule has 0 saturated heterocycles. The molecule has 0 aliphatic carbocycles. The molecule has 0 amide bonds. The highest BCUT2D eigenvalue weighted by molar-refractivity contribution is 7.90. The molecule has 1 atom stereocenters. The Hall–Kier alpha value is -2.62. The van der Waals surface area contributed by atoms with Gasteiger partial charge < -0.3 is 4.74 Å². The van der Waals surface area contributed by atoms with Crippen molar-refractivity contribution in [2.45, 2.75) is 17.4 Å². The maximum Gasteiger partial charge on any atom is 0.268 e. The lowest BCUT2D eigenvalue weighted by Gasteiger charge is -2.13. The van der Waals surface area contributed by atoms with Crippen LogP contribution in [0.5, 0.6) is 0 Å². The molecule has 0 fully saturated rings. The van der Waals surface area contributed by atoms with Crippen LogP contribution in [0.2, 0.25) is 0 Å². The Labute approximate surface area is 140 Å². The van der Waals surface area contributed by atoms with Crippen molar-refractivity contribution in [3.8, 4) is 6.07 Å². The molecule has 0 radical (unpaired) electrons. The van der Waals surface area contributed by atoms with Crippen LogP contribution in [0.4, 0.5) is 0 Å². The molecule has 1 unspecified atom stereocenters. The van der Waals surface area contributed by atoms with Crippen LogP contribution in [0, 0.1) is 11.3 Å². The Morgan fingerprint density at radius 3 is 2.46 bits per heavy atom. The summed E-state index contributed by atoms with van der Waals surface area (Å²) in [6.07, 6.45) is -0.521. The Morgan fingerprint density at radius 1 is 1.12 bits per heavy atom. The van der Waals surface area contributed by atoms with Crippen molar-refractivity contribution in [2.24, 2.45) is 0 Å². The Morgan fingerprint density at radius 2 is 1.79 bits per heavy atom. The first-order valence-electron chi connectivity index (χ1n) is 7.40. The van der Waals surface area contributed by atoms with E-state index in [2.05, 4.69) is 0 Å². The van der Waals surface area contributed by atoms with Crippen LogP contribution in [0.15, 0.2) is 65.6 Å². The minimum Gasteiger partial charge on any atom is -0.366 e. The minimum absolute atomic E-state index is 0.188. The molecule has 122 valence electrons. The number of rotatable bonds is 5. The molecule has 5 nitrogen and oxygen atoms in total. The third kappa shape index (κ3) is 2.80. The third-order valence-corrected chi connectivity index (χ3v) is 5.62. The molecule has 0 saturated carbocycles. The van der Waals surface area contributed by atoms with E-state index in [1.54, 1.807) is 48.5 Å². The number of ether oxygens (including phenoxy) is 1. The number of para-hydroxylation sites is 1. The Kier molecular flexibility index (Phi) is 4.38. The summed E-state index contributed by atoms with van der Waals surface area (Å²) in [6, 6.07) is 19.3. The van der Waals surface area contributed by atoms with Crippen LogP contribution in [0.3, 0.4) is 0 Å². The van der Waals surface area contributed by atoms with E-state index in [1.807, 2.05) is 18.2 Å². The highest BCUT2D eigenvalue weighted by Crippen LogP contribution is 2.26. The van der Waals surface area contributed by atoms with Gasteiger partial charge in [-0.15, -0.1) is 0 Å². The number of hydrogen-bond donors (Lipinski definition) is 0. The summed E-state index contributed by atoms with van der Waals surface area (Å²) in [5, 5.41) is 9.94. The molecule has 2 aromatic carbocycles. The predicted molar refractivity (Wildman–Crippen MR) is 91.1 cm³/mol. The van der Waals surface area contributed by atoms with E-state index >= 15 is 0 Å². The van der Waals surface area contributed by atoms with Gasteiger partial charge in [-0.1, -0.05) is 36.4 Å². The number of fused-ring (bicyclic) bond motifs is 1. The fourth-order valence-electron chi connectivity index (χ4n) is 2.68. The maximum absolute atomic E-state index is 13.1. The molecule has 24 heavy (non-hydrogen) atoms. The van der Waals surface area contributed by atoms with Gasteiger partial charge in [0.2, 0.25) is 0 Å². The van der Waals surface area contributed by atoms with E-state index in [4.69, 9.17) is 10.00 Å². The molecule has 0 aliphatic rings. The van der Waals surface area contributed by atoms with E-state index in [9.17, 15) is 8.42 Å². The lowest BCUT2D eigenvalue weighted by atomic mass is 10.2. The van der Waals surface area contributed by atoms with Crippen molar-refractivity contribution in [1.29, 1.82) is 5.26 Å². The first kappa shape index (κ1) is 16.2. The van der Waals surface area contributed by atoms with Gasteiger partial charge in [0.05, 0.1) is 16.5 Å². The number of aromatic nitrogens is 1. The molecular weight excluding hydrogens is 324 g/mol. The highest BCUT2D eigenvalue weighted by atomic mass is 32.2. The van der Waals surface area contributed by atoms with Crippen molar-refractivity contribution in [3.05, 3.63) is 66.4 Å². The maximum atomic E-state index is 13.1. The number of methoxy groups -OCH3 is 1. The van der Waals surface area contributed by atoms with Gasteiger partial charge in [-0.05, 0) is 24.3 Å². The summed E-state index contributed by atoms with van der Waals surface area (Å²) < 4.78 is 32.7. The molecule has 0 N–H and O–H groups in total. The number of nitrogens with zero attached hydrogens (tertiary/aromatic N) is 2. The van der Waals surface area contributed by atoms with Gasteiger partial charge in [0, 0.05) is 24.6 Å². The second-order valence-electron chi connectivity index (χ2n) is 5.33. The fourth-order valence-corrected chi connectivity index (χ4v) is 4.26. The third-order valence-electron chi connectivity index (χ3n) is 3.84. The molecule has 0 aliphatic heterocycles. The van der Waals surface area contributed by atoms with Crippen LogP contribution < -0.4 is 0 Å². The van der Waals surface area contributed by atoms with Crippen molar-refractivity contribution in [3.63, 3.8) is 0 Å². The lowest BCUT2D eigenvalue weighted by molar-refractivity contribution is 0.146. The molecule has 0 bridgehead atoms. The molecule has 6 heteroatoms. The summed E-state index contributed by atoms with van der Waals surface area (Å²) in [7, 11) is -2.33. The zero-order valence-corrected chi connectivity index (χ0v) is 13.9. The first-order valence-corrected chi connectivity index (χ1v) is 8.84. The SMILES string of the molecule is COC(C#N)Cc1cc2ccccc2n1S(=O)(=O)c1ccccc1. The van der Waals surface area contributed by atoms with Gasteiger partial charge in [-0.25, -0.2) is 12.4 Å². The molecule has 3 rings (SSSR count). The molecule has 1 aromatic heterocycles. The van der Waals surface area contributed by atoms with E-state index in [0.29, 0.717) is 11.2 Å². The summed E-state index contributed by atoms with van der Waals surface area (Å²) in [5.41, 5.74) is 1.11. The lowest BCUT2D eigenvalue weighted by Crippen LogP contribution is -2.19. The van der Waals surface area contributed by atoms with E-state index in [1.165, 1.54) is 11.1 Å². The van der Waals surface area contributed by atoms with Crippen LogP contribution in [0.25, 0.3) is 10.9 Å². The normalized spacial score (nSPS) is 12.8. The largest absolute Gasteiger partial charge is 0.366 e. The molecule has 0 spiro atoms. The summed E-state index contributed by atoms with van der Waals surface area (Å²) in [4.78, 5) is 0.207. The van der Waals surface area contributed by atoms with Crippen molar-refractivity contribution in [1.82, 2.24) is 3.97 Å². The summed E-state index contributed by atoms with van der Waals surface area (Å²) >= 11 is 0. The van der Waals surface area contributed by atoms with Crippen LogP contribution in [-0.4, -0.2) is 25.6 Å². The zero-order valence-electron chi connectivity index (χ0n) is 13.1. The van der Waals surface area contributed by atoms with Gasteiger partial charge in [0.25, 0.3) is 10.0 Å². The second-order valence-corrected chi connectivity index (χ2v) is 7.12. The van der Waals surface area contributed by atoms with Gasteiger partial charge in [0.15, 0.2) is 0 Å². The van der Waals surface area contributed by atoms with Crippen LogP contribution in [0.1, 0.15) is 5.69 Å². The zero-order chi connectivity index (χ0) is 17.2. The number of benzene rings is 2. The van der Waals surface area contributed by atoms with E-state index in [-0.39, 0.29) is 11.3 Å². The van der Waals surface area contributed by atoms with Crippen molar-refractivity contribution in [2.75, 3.05) is 7.11 Å². The van der Waals surface area contributed by atoms with Crippen LogP contribution in [-0.2, 0) is 21.2 Å². The molecule has 1 heterocycles. The fraction of sp³-hybridized carbons (Fsp3) is 0.167. The second kappa shape index (κ2) is 6.48. The highest BCUT2D eigenvalue weighted by Gasteiger charge is 2.24. The smallest absolute Gasteiger partial charge is 0.268 e. The summed E-state index contributed by atoms with van der Waals surface area (Å²) in [5.74, 6) is 0. The quantitative estimate of drug-likeness (QED) is 0.716. The van der Waals surface area contributed by atoms with Gasteiger partial charge in [-0.2, -0.15) is 5.26 Å². The monoisotopic (exact) mass is 340 g/mol. The predicted octanol–water partition coefficient (Wildman–Crippen LogP) is 2.96. The van der Waals surface area contributed by atoms with Crippen LogP contribution >= 0.6 is 0 Å². The standard InChI is InChI=1S/C18H16N2O3S/c1-23-16(13-19)12-15-11-14-7-5-6-10-18(14)20(15)24(21,22)17-8-3-2-4-9-17/h2-11,16H,12H2,1H3. The average molecular weight is 340 g/mol. The Bertz CT molecular complexity index is 1000.